The molecule has 1 saturated heterocycles. The number of carbonyl (C=O) groups excluding carboxylic acids is 2. The monoisotopic (exact) mass is 615 g/mol. The van der Waals surface area contributed by atoms with Gasteiger partial charge >= 0.3 is 5.97 Å². The van der Waals surface area contributed by atoms with E-state index in [1.165, 1.54) is 16.4 Å². The Balaban J connectivity index is 1.63. The lowest BCUT2D eigenvalue weighted by molar-refractivity contribution is -0.384. The van der Waals surface area contributed by atoms with Crippen LogP contribution in [0.15, 0.2) is 53.6 Å². The first kappa shape index (κ1) is 31.9. The Morgan fingerprint density at radius 3 is 2.44 bits per heavy atom. The zero-order chi connectivity index (χ0) is 31.3. The average molecular weight is 616 g/mol. The van der Waals surface area contributed by atoms with Crippen LogP contribution in [-0.2, 0) is 35.5 Å². The quantitative estimate of drug-likeness (QED) is 0.177. The number of nitro benzene ring substituents is 1. The van der Waals surface area contributed by atoms with Crippen LogP contribution in [0.4, 0.5) is 11.4 Å². The number of sulfonamides is 1. The van der Waals surface area contributed by atoms with Crippen LogP contribution in [0.25, 0.3) is 10.9 Å². The predicted molar refractivity (Wildman–Crippen MR) is 160 cm³/mol. The van der Waals surface area contributed by atoms with Crippen LogP contribution < -0.4 is 5.32 Å². The van der Waals surface area contributed by atoms with E-state index >= 15 is 0 Å². The van der Waals surface area contributed by atoms with Gasteiger partial charge in [-0.05, 0) is 51.5 Å². The number of carbonyl (C=O) groups is 2. The van der Waals surface area contributed by atoms with Crippen LogP contribution in [-0.4, -0.2) is 90.4 Å². The number of H-pyrrole nitrogens is 1. The van der Waals surface area contributed by atoms with Crippen LogP contribution >= 0.6 is 0 Å². The van der Waals surface area contributed by atoms with Gasteiger partial charge in [-0.3, -0.25) is 14.9 Å². The van der Waals surface area contributed by atoms with Crippen LogP contribution in [0.2, 0.25) is 0 Å². The summed E-state index contributed by atoms with van der Waals surface area (Å²) >= 11 is 0. The lowest BCUT2D eigenvalue weighted by Gasteiger charge is -2.30. The van der Waals surface area contributed by atoms with Gasteiger partial charge in [0.15, 0.2) is 6.61 Å². The maximum Gasteiger partial charge on any atom is 0.329 e. The standard InChI is InChI=1S/C29H37N5O8S/c1-19(2)33(20(3)4)28(35)18-42-29(36)26(15-21-17-30-24-8-6-5-7-23(21)24)31-25-10-9-22(16-27(25)34(37)38)43(39,40)32-11-13-41-14-12-32/h5-10,16-17,19-20,26,30-31H,11-15,18H2,1-4H3/t26-/m1/s1. The molecule has 14 heteroatoms. The molecule has 0 saturated carbocycles. The van der Waals surface area contributed by atoms with E-state index in [1.807, 2.05) is 52.0 Å². The average Bonchev–Trinajstić information content (AvgIpc) is 3.38. The molecule has 13 nitrogen and oxygen atoms in total. The first-order chi connectivity index (χ1) is 20.4. The maximum absolute atomic E-state index is 13.4. The molecule has 43 heavy (non-hydrogen) atoms. The Morgan fingerprint density at radius 1 is 1.12 bits per heavy atom. The van der Waals surface area contributed by atoms with E-state index in [9.17, 15) is 28.1 Å². The second-order valence-corrected chi connectivity index (χ2v) is 12.7. The molecule has 0 spiro atoms. The topological polar surface area (TPSA) is 164 Å². The van der Waals surface area contributed by atoms with Crippen LogP contribution in [0.3, 0.4) is 0 Å². The Morgan fingerprint density at radius 2 is 1.79 bits per heavy atom. The van der Waals surface area contributed by atoms with Gasteiger partial charge in [0.25, 0.3) is 11.6 Å². The van der Waals surface area contributed by atoms with E-state index < -0.39 is 39.3 Å². The number of esters is 1. The third-order valence-electron chi connectivity index (χ3n) is 7.23. The lowest BCUT2D eigenvalue weighted by atomic mass is 10.0. The summed E-state index contributed by atoms with van der Waals surface area (Å²) in [4.78, 5) is 42.2. The van der Waals surface area contributed by atoms with Crippen molar-refractivity contribution in [3.05, 3.63) is 64.3 Å². The molecule has 3 aromatic rings. The fourth-order valence-corrected chi connectivity index (χ4v) is 6.69. The van der Waals surface area contributed by atoms with Gasteiger partial charge in [0, 0.05) is 54.8 Å². The van der Waals surface area contributed by atoms with E-state index in [-0.39, 0.29) is 61.3 Å². The molecule has 1 aliphatic rings. The number of nitrogens with zero attached hydrogens (tertiary/aromatic N) is 3. The van der Waals surface area contributed by atoms with E-state index in [0.29, 0.717) is 0 Å². The number of nitro groups is 1. The molecule has 0 bridgehead atoms. The molecule has 2 N–H and O–H groups in total. The number of para-hydroxylation sites is 1. The highest BCUT2D eigenvalue weighted by Crippen LogP contribution is 2.31. The number of anilines is 1. The van der Waals surface area contributed by atoms with Crippen molar-refractivity contribution >= 4 is 44.2 Å². The number of aromatic amines is 1. The minimum absolute atomic E-state index is 0.0648. The molecule has 1 fully saturated rings. The molecule has 2 heterocycles. The van der Waals surface area contributed by atoms with E-state index in [1.54, 1.807) is 11.1 Å². The number of ether oxygens (including phenoxy) is 2. The Hall–Kier alpha value is -4.01. The summed E-state index contributed by atoms with van der Waals surface area (Å²) in [6.45, 7) is 7.69. The second kappa shape index (κ2) is 13.5. The van der Waals surface area contributed by atoms with Gasteiger partial charge in [-0.1, -0.05) is 18.2 Å². The van der Waals surface area contributed by atoms with E-state index in [0.717, 1.165) is 22.5 Å². The molecule has 1 atom stereocenters. The fraction of sp³-hybridized carbons (Fsp3) is 0.448. The number of rotatable bonds is 12. The smallest absolute Gasteiger partial charge is 0.329 e. The minimum Gasteiger partial charge on any atom is -0.454 e. The summed E-state index contributed by atoms with van der Waals surface area (Å²) in [5.41, 5.74) is 1.00. The number of amides is 1. The Labute approximate surface area is 250 Å². The highest BCUT2D eigenvalue weighted by atomic mass is 32.2. The maximum atomic E-state index is 13.4. The summed E-state index contributed by atoms with van der Waals surface area (Å²) in [7, 11) is -4.00. The molecule has 4 rings (SSSR count). The summed E-state index contributed by atoms with van der Waals surface area (Å²) in [5, 5.41) is 15.9. The predicted octanol–water partition coefficient (Wildman–Crippen LogP) is 3.31. The number of nitrogens with one attached hydrogen (secondary N) is 2. The molecule has 1 aliphatic heterocycles. The summed E-state index contributed by atoms with van der Waals surface area (Å²) < 4.78 is 38.2. The SMILES string of the molecule is CC(C)N(C(=O)COC(=O)[C@@H](Cc1c[nH]c2ccccc12)Nc1ccc(S(=O)(=O)N2CCOCC2)cc1[N+](=O)[O-])C(C)C. The van der Waals surface area contributed by atoms with Crippen molar-refractivity contribution in [3.8, 4) is 0 Å². The Bertz CT molecular complexity index is 1570. The van der Waals surface area contributed by atoms with Crippen molar-refractivity contribution in [2.24, 2.45) is 0 Å². The van der Waals surface area contributed by atoms with Gasteiger partial charge in [0.2, 0.25) is 10.0 Å². The molecular weight excluding hydrogens is 578 g/mol. The van der Waals surface area contributed by atoms with Gasteiger partial charge in [-0.25, -0.2) is 13.2 Å². The molecular formula is C29H37N5O8S. The Kier molecular flexibility index (Phi) is 10.0. The van der Waals surface area contributed by atoms with Gasteiger partial charge in [-0.15, -0.1) is 0 Å². The first-order valence-corrected chi connectivity index (χ1v) is 15.5. The van der Waals surface area contributed by atoms with Crippen molar-refractivity contribution in [1.29, 1.82) is 0 Å². The van der Waals surface area contributed by atoms with Crippen LogP contribution in [0, 0.1) is 10.1 Å². The largest absolute Gasteiger partial charge is 0.454 e. The molecule has 1 aromatic heterocycles. The molecule has 0 radical (unpaired) electrons. The van der Waals surface area contributed by atoms with Gasteiger partial charge in [0.1, 0.15) is 11.7 Å². The van der Waals surface area contributed by atoms with Crippen LogP contribution in [0.5, 0.6) is 0 Å². The number of fused-ring (bicyclic) bond motifs is 1. The molecule has 0 unspecified atom stereocenters. The van der Waals surface area contributed by atoms with Gasteiger partial charge in [0.05, 0.1) is 23.0 Å². The van der Waals surface area contributed by atoms with Gasteiger partial charge in [-0.2, -0.15) is 4.31 Å². The van der Waals surface area contributed by atoms with Crippen molar-refractivity contribution in [1.82, 2.24) is 14.2 Å². The number of morpholine rings is 1. The van der Waals surface area contributed by atoms with E-state index in [2.05, 4.69) is 10.3 Å². The van der Waals surface area contributed by atoms with Gasteiger partial charge < -0.3 is 24.7 Å². The molecule has 2 aromatic carbocycles. The highest BCUT2D eigenvalue weighted by molar-refractivity contribution is 7.89. The zero-order valence-electron chi connectivity index (χ0n) is 24.6. The zero-order valence-corrected chi connectivity index (χ0v) is 25.4. The van der Waals surface area contributed by atoms with Crippen molar-refractivity contribution in [2.75, 3.05) is 38.2 Å². The number of hydrogen-bond donors (Lipinski definition) is 2. The molecule has 0 aliphatic carbocycles. The second-order valence-electron chi connectivity index (χ2n) is 10.8. The molecule has 1 amide bonds. The number of benzene rings is 2. The highest BCUT2D eigenvalue weighted by Gasteiger charge is 2.31. The summed E-state index contributed by atoms with van der Waals surface area (Å²) in [5.74, 6) is -1.15. The van der Waals surface area contributed by atoms with Crippen molar-refractivity contribution in [2.45, 2.75) is 57.1 Å². The lowest BCUT2D eigenvalue weighted by Crippen LogP contribution is -2.45. The third-order valence-corrected chi connectivity index (χ3v) is 9.12. The fourth-order valence-electron chi connectivity index (χ4n) is 5.26. The normalized spacial score (nSPS) is 15.0. The number of hydrogen-bond acceptors (Lipinski definition) is 9. The summed E-state index contributed by atoms with van der Waals surface area (Å²) in [6, 6.07) is 9.63. The van der Waals surface area contributed by atoms with Crippen molar-refractivity contribution in [3.63, 3.8) is 0 Å². The number of aromatic nitrogens is 1. The summed E-state index contributed by atoms with van der Waals surface area (Å²) in [6.07, 6.45) is 1.81. The third kappa shape index (κ3) is 7.32. The first-order valence-electron chi connectivity index (χ1n) is 14.1. The minimum atomic E-state index is -4.00. The van der Waals surface area contributed by atoms with E-state index in [4.69, 9.17) is 9.47 Å². The molecule has 232 valence electrons. The van der Waals surface area contributed by atoms with Crippen molar-refractivity contribution < 1.29 is 32.4 Å². The van der Waals surface area contributed by atoms with Crippen LogP contribution in [0.1, 0.15) is 33.3 Å².